The summed E-state index contributed by atoms with van der Waals surface area (Å²) in [6.45, 7) is 3.83. The minimum atomic E-state index is -0.431. The highest BCUT2D eigenvalue weighted by atomic mass is 35.5. The molecule has 1 aromatic carbocycles. The first-order valence-electron chi connectivity index (χ1n) is 5.08. The van der Waals surface area contributed by atoms with Crippen LogP contribution in [0.3, 0.4) is 0 Å². The van der Waals surface area contributed by atoms with Gasteiger partial charge in [-0.05, 0) is 31.0 Å². The first kappa shape index (κ1) is 11.1. The van der Waals surface area contributed by atoms with Crippen molar-refractivity contribution in [2.45, 2.75) is 20.3 Å². The molecule has 2 N–H and O–H groups in total. The second-order valence-corrected chi connectivity index (χ2v) is 4.16. The Balaban J connectivity index is 2.93. The van der Waals surface area contributed by atoms with E-state index in [-0.39, 0.29) is 5.52 Å². The number of nitrogens with two attached hydrogens (primary N) is 1. The molecule has 0 saturated heterocycles. The molecule has 84 valence electrons. The molecule has 2 rings (SSSR count). The van der Waals surface area contributed by atoms with E-state index in [1.807, 2.05) is 13.8 Å². The number of rotatable bonds is 1. The van der Waals surface area contributed by atoms with Gasteiger partial charge in [-0.25, -0.2) is 9.37 Å². The second kappa shape index (κ2) is 3.91. The molecule has 0 unspecified atom stereocenters. The Hall–Kier alpha value is -1.35. The summed E-state index contributed by atoms with van der Waals surface area (Å²) in [7, 11) is 0. The molecule has 0 radical (unpaired) electrons. The van der Waals surface area contributed by atoms with Gasteiger partial charge in [-0.3, -0.25) is 0 Å². The third-order valence-corrected chi connectivity index (χ3v) is 2.93. The Morgan fingerprint density at radius 1 is 1.44 bits per heavy atom. The molecule has 2 nitrogen and oxygen atoms in total. The normalized spacial score (nSPS) is 11.0. The number of pyridine rings is 1. The number of benzene rings is 1. The van der Waals surface area contributed by atoms with Crippen molar-refractivity contribution in [3.8, 4) is 0 Å². The molecule has 0 atom stereocenters. The van der Waals surface area contributed by atoms with E-state index in [0.717, 1.165) is 17.7 Å². The van der Waals surface area contributed by atoms with Gasteiger partial charge in [0.05, 0.1) is 0 Å². The third kappa shape index (κ3) is 1.61. The lowest BCUT2D eigenvalue weighted by Gasteiger charge is -2.11. The summed E-state index contributed by atoms with van der Waals surface area (Å²) < 4.78 is 13.6. The lowest BCUT2D eigenvalue weighted by Crippen LogP contribution is -2.01. The molecule has 0 aliphatic carbocycles. The van der Waals surface area contributed by atoms with Crippen LogP contribution in [0, 0.1) is 12.7 Å². The lowest BCUT2D eigenvalue weighted by molar-refractivity contribution is 0.636. The van der Waals surface area contributed by atoms with Gasteiger partial charge in [0.2, 0.25) is 0 Å². The van der Waals surface area contributed by atoms with E-state index in [4.69, 9.17) is 17.3 Å². The minimum Gasteiger partial charge on any atom is -0.398 e. The Morgan fingerprint density at radius 3 is 2.75 bits per heavy atom. The van der Waals surface area contributed by atoms with Crippen molar-refractivity contribution in [2.75, 3.05) is 5.73 Å². The number of anilines is 1. The van der Waals surface area contributed by atoms with Gasteiger partial charge < -0.3 is 5.73 Å². The predicted octanol–water partition coefficient (Wildman–Crippen LogP) is 3.48. The van der Waals surface area contributed by atoms with Crippen molar-refractivity contribution in [2.24, 2.45) is 0 Å². The summed E-state index contributed by atoms with van der Waals surface area (Å²) in [5.41, 5.74) is 8.59. The fourth-order valence-corrected chi connectivity index (χ4v) is 2.13. The van der Waals surface area contributed by atoms with Gasteiger partial charge in [0.1, 0.15) is 5.52 Å². The van der Waals surface area contributed by atoms with E-state index in [9.17, 15) is 4.39 Å². The number of hydrogen-bond donors (Lipinski definition) is 1. The van der Waals surface area contributed by atoms with Crippen LogP contribution < -0.4 is 5.73 Å². The maximum Gasteiger partial charge on any atom is 0.150 e. The van der Waals surface area contributed by atoms with E-state index in [1.165, 1.54) is 6.07 Å². The SMILES string of the molecule is CCc1c(C)nc2c(F)cc(Cl)cc2c1N. The molecular weight excluding hydrogens is 227 g/mol. The van der Waals surface area contributed by atoms with Crippen LogP contribution in [0.15, 0.2) is 12.1 Å². The van der Waals surface area contributed by atoms with Crippen molar-refractivity contribution in [3.05, 3.63) is 34.2 Å². The van der Waals surface area contributed by atoms with Crippen LogP contribution in [-0.4, -0.2) is 4.98 Å². The number of nitrogens with zero attached hydrogens (tertiary/aromatic N) is 1. The molecule has 2 aromatic rings. The van der Waals surface area contributed by atoms with Crippen LogP contribution in [0.4, 0.5) is 10.1 Å². The van der Waals surface area contributed by atoms with Crippen molar-refractivity contribution in [3.63, 3.8) is 0 Å². The first-order chi connectivity index (χ1) is 7.54. The Bertz CT molecular complexity index is 567. The molecule has 0 bridgehead atoms. The van der Waals surface area contributed by atoms with E-state index in [0.29, 0.717) is 16.1 Å². The molecule has 0 saturated carbocycles. The summed E-state index contributed by atoms with van der Waals surface area (Å²) in [5.74, 6) is -0.431. The highest BCUT2D eigenvalue weighted by Crippen LogP contribution is 2.30. The zero-order valence-electron chi connectivity index (χ0n) is 9.14. The maximum absolute atomic E-state index is 13.6. The van der Waals surface area contributed by atoms with E-state index in [2.05, 4.69) is 4.98 Å². The molecule has 0 aliphatic rings. The number of hydrogen-bond acceptors (Lipinski definition) is 2. The van der Waals surface area contributed by atoms with Gasteiger partial charge in [-0.2, -0.15) is 0 Å². The second-order valence-electron chi connectivity index (χ2n) is 3.73. The standard InChI is InChI=1S/C12H12ClFN2/c1-3-8-6(2)16-12-9(11(8)15)4-7(13)5-10(12)14/h4-5H,3H2,1-2H3,(H2,15,16). The summed E-state index contributed by atoms with van der Waals surface area (Å²) in [5, 5.41) is 0.928. The Labute approximate surface area is 98.2 Å². The average Bonchev–Trinajstić information content (AvgIpc) is 2.21. The fraction of sp³-hybridized carbons (Fsp3) is 0.250. The highest BCUT2D eigenvalue weighted by molar-refractivity contribution is 6.31. The van der Waals surface area contributed by atoms with Crippen LogP contribution in [0.5, 0.6) is 0 Å². The molecule has 1 aromatic heterocycles. The predicted molar refractivity (Wildman–Crippen MR) is 65.2 cm³/mol. The smallest absolute Gasteiger partial charge is 0.150 e. The van der Waals surface area contributed by atoms with Crippen LogP contribution >= 0.6 is 11.6 Å². The fourth-order valence-electron chi connectivity index (χ4n) is 1.92. The van der Waals surface area contributed by atoms with Crippen LogP contribution in [0.25, 0.3) is 10.9 Å². The summed E-state index contributed by atoms with van der Waals surface area (Å²) in [6, 6.07) is 2.91. The topological polar surface area (TPSA) is 38.9 Å². The van der Waals surface area contributed by atoms with Crippen LogP contribution in [0.2, 0.25) is 5.02 Å². The summed E-state index contributed by atoms with van der Waals surface area (Å²) >= 11 is 5.81. The van der Waals surface area contributed by atoms with Gasteiger partial charge >= 0.3 is 0 Å². The largest absolute Gasteiger partial charge is 0.398 e. The molecule has 16 heavy (non-hydrogen) atoms. The van der Waals surface area contributed by atoms with E-state index < -0.39 is 5.82 Å². The summed E-state index contributed by atoms with van der Waals surface area (Å²) in [4.78, 5) is 4.23. The number of aryl methyl sites for hydroxylation is 1. The van der Waals surface area contributed by atoms with Crippen molar-refractivity contribution in [1.29, 1.82) is 0 Å². The Morgan fingerprint density at radius 2 is 2.12 bits per heavy atom. The van der Waals surface area contributed by atoms with Gasteiger partial charge in [-0.15, -0.1) is 0 Å². The van der Waals surface area contributed by atoms with Gasteiger partial charge in [0.25, 0.3) is 0 Å². The molecule has 0 amide bonds. The number of nitrogen functional groups attached to an aromatic ring is 1. The molecule has 0 aliphatic heterocycles. The van der Waals surface area contributed by atoms with Gasteiger partial charge in [0, 0.05) is 21.8 Å². The molecule has 1 heterocycles. The van der Waals surface area contributed by atoms with E-state index >= 15 is 0 Å². The zero-order chi connectivity index (χ0) is 11.9. The minimum absolute atomic E-state index is 0.289. The quantitative estimate of drug-likeness (QED) is 0.826. The van der Waals surface area contributed by atoms with Gasteiger partial charge in [0.15, 0.2) is 5.82 Å². The summed E-state index contributed by atoms with van der Waals surface area (Å²) in [6.07, 6.45) is 0.773. The van der Waals surface area contributed by atoms with Crippen LogP contribution in [-0.2, 0) is 6.42 Å². The number of aromatic nitrogens is 1. The van der Waals surface area contributed by atoms with Crippen molar-refractivity contribution < 1.29 is 4.39 Å². The molecule has 4 heteroatoms. The third-order valence-electron chi connectivity index (χ3n) is 2.71. The highest BCUT2D eigenvalue weighted by Gasteiger charge is 2.12. The molecule has 0 fully saturated rings. The van der Waals surface area contributed by atoms with Gasteiger partial charge in [-0.1, -0.05) is 18.5 Å². The lowest BCUT2D eigenvalue weighted by atomic mass is 10.0. The number of fused-ring (bicyclic) bond motifs is 1. The monoisotopic (exact) mass is 238 g/mol. The average molecular weight is 239 g/mol. The number of halogens is 2. The van der Waals surface area contributed by atoms with Crippen molar-refractivity contribution >= 4 is 28.2 Å². The Kier molecular flexibility index (Phi) is 2.72. The molecule has 0 spiro atoms. The van der Waals surface area contributed by atoms with Crippen LogP contribution in [0.1, 0.15) is 18.2 Å². The van der Waals surface area contributed by atoms with Crippen molar-refractivity contribution in [1.82, 2.24) is 4.98 Å². The zero-order valence-corrected chi connectivity index (χ0v) is 9.90. The van der Waals surface area contributed by atoms with E-state index in [1.54, 1.807) is 6.07 Å². The first-order valence-corrected chi connectivity index (χ1v) is 5.46. The molecular formula is C12H12ClFN2. The maximum atomic E-state index is 13.6.